The molecule has 0 rings (SSSR count). The summed E-state index contributed by atoms with van der Waals surface area (Å²) in [6, 6.07) is 0. The highest BCUT2D eigenvalue weighted by Gasteiger charge is 2.20. The first-order valence-electron chi connectivity index (χ1n) is 22.0. The maximum absolute atomic E-state index is 12.6. The molecule has 8 nitrogen and oxygen atoms in total. The van der Waals surface area contributed by atoms with Crippen molar-refractivity contribution in [2.24, 2.45) is 0 Å². The summed E-state index contributed by atoms with van der Waals surface area (Å²) in [5.41, 5.74) is 0. The predicted octanol–water partition coefficient (Wildman–Crippen LogP) is 12.4. The fourth-order valence-electron chi connectivity index (χ4n) is 6.22. The van der Waals surface area contributed by atoms with Crippen molar-refractivity contribution in [2.75, 3.05) is 47.5 Å². The van der Waals surface area contributed by atoms with E-state index < -0.39 is 13.9 Å². The quantitative estimate of drug-likeness (QED) is 0.0201. The summed E-state index contributed by atoms with van der Waals surface area (Å²) in [5.74, 6) is -0.352. The average molecular weight is 760 g/mol. The van der Waals surface area contributed by atoms with E-state index in [-0.39, 0.29) is 25.8 Å². The van der Waals surface area contributed by atoms with Crippen LogP contribution in [0.4, 0.5) is 0 Å². The van der Waals surface area contributed by atoms with Crippen LogP contribution in [0.5, 0.6) is 0 Å². The molecule has 2 atom stereocenters. The molecule has 0 heterocycles. The Hall–Kier alpha value is -0.920. The smallest absolute Gasteiger partial charge is 0.306 e. The Morgan fingerprint density at radius 2 is 1.00 bits per heavy atom. The van der Waals surface area contributed by atoms with Gasteiger partial charge in [0.05, 0.1) is 34.0 Å². The fraction of sp³-hybridized carbons (Fsp3) is 0.930. The highest BCUT2D eigenvalue weighted by atomic mass is 31.2. The van der Waals surface area contributed by atoms with Crippen molar-refractivity contribution in [1.82, 2.24) is 0 Å². The Morgan fingerprint density at radius 1 is 0.596 bits per heavy atom. The first kappa shape index (κ1) is 51.1. The van der Waals surface area contributed by atoms with Crippen molar-refractivity contribution < 1.29 is 37.3 Å². The van der Waals surface area contributed by atoms with Crippen LogP contribution in [0, 0.1) is 0 Å². The van der Waals surface area contributed by atoms with Crippen molar-refractivity contribution in [3.8, 4) is 0 Å². The van der Waals surface area contributed by atoms with Gasteiger partial charge in [0.1, 0.15) is 19.8 Å². The van der Waals surface area contributed by atoms with E-state index in [1.165, 1.54) is 154 Å². The number of rotatable bonds is 41. The number of hydrogen-bond donors (Lipinski definition) is 0. The lowest BCUT2D eigenvalue weighted by atomic mass is 10.0. The lowest BCUT2D eigenvalue weighted by Crippen LogP contribution is -2.37. The van der Waals surface area contributed by atoms with Gasteiger partial charge in [-0.15, -0.1) is 0 Å². The second-order valence-corrected chi connectivity index (χ2v) is 17.5. The fourth-order valence-corrected chi connectivity index (χ4v) is 6.95. The summed E-state index contributed by atoms with van der Waals surface area (Å²) < 4.78 is 34.3. The molecule has 0 aromatic rings. The number of phosphoric acid groups is 1. The molecule has 0 radical (unpaired) electrons. The van der Waals surface area contributed by atoms with Crippen LogP contribution in [0.1, 0.15) is 206 Å². The van der Waals surface area contributed by atoms with Gasteiger partial charge in [-0.05, 0) is 25.3 Å². The predicted molar refractivity (Wildman–Crippen MR) is 217 cm³/mol. The van der Waals surface area contributed by atoms with Crippen LogP contribution in [-0.2, 0) is 27.9 Å². The maximum Gasteiger partial charge on any atom is 0.306 e. The number of unbranched alkanes of at least 4 members (excludes halogenated alkanes) is 27. The van der Waals surface area contributed by atoms with Crippen LogP contribution in [0.15, 0.2) is 12.3 Å². The monoisotopic (exact) mass is 760 g/mol. The molecule has 0 amide bonds. The summed E-state index contributed by atoms with van der Waals surface area (Å²) in [6.07, 6.45) is 40.2. The number of esters is 1. The molecule has 0 N–H and O–H groups in total. The number of ether oxygens (including phenoxy) is 2. The van der Waals surface area contributed by atoms with Crippen LogP contribution in [-0.4, -0.2) is 64.1 Å². The first-order valence-corrected chi connectivity index (χ1v) is 23.4. The zero-order valence-electron chi connectivity index (χ0n) is 35.0. The van der Waals surface area contributed by atoms with E-state index in [1.54, 1.807) is 6.26 Å². The molecule has 0 aliphatic rings. The molecule has 0 saturated heterocycles. The number of quaternary nitrogens is 1. The van der Waals surface area contributed by atoms with Gasteiger partial charge in [0.2, 0.25) is 0 Å². The Balaban J connectivity index is 4.25. The highest BCUT2D eigenvalue weighted by molar-refractivity contribution is 7.45. The van der Waals surface area contributed by atoms with E-state index in [2.05, 4.69) is 13.8 Å². The summed E-state index contributed by atoms with van der Waals surface area (Å²) in [6.45, 7) is 4.76. The van der Waals surface area contributed by atoms with Crippen LogP contribution in [0.25, 0.3) is 0 Å². The number of likely N-dealkylation sites (N-methyl/N-ethyl adjacent to an activating group) is 1. The van der Waals surface area contributed by atoms with Crippen LogP contribution >= 0.6 is 7.82 Å². The van der Waals surface area contributed by atoms with Crippen LogP contribution in [0.2, 0.25) is 0 Å². The molecule has 52 heavy (non-hydrogen) atoms. The van der Waals surface area contributed by atoms with Crippen LogP contribution < -0.4 is 4.89 Å². The Kier molecular flexibility index (Phi) is 36.4. The van der Waals surface area contributed by atoms with Gasteiger partial charge in [-0.1, -0.05) is 181 Å². The van der Waals surface area contributed by atoms with Gasteiger partial charge >= 0.3 is 5.97 Å². The van der Waals surface area contributed by atoms with Crippen molar-refractivity contribution >= 4 is 13.8 Å². The number of allylic oxidation sites excluding steroid dienone is 1. The molecule has 0 aromatic heterocycles. The van der Waals surface area contributed by atoms with E-state index in [1.807, 2.05) is 27.2 Å². The summed E-state index contributed by atoms with van der Waals surface area (Å²) in [4.78, 5) is 25.0. The summed E-state index contributed by atoms with van der Waals surface area (Å²) in [5, 5.41) is 0. The number of hydrogen-bond acceptors (Lipinski definition) is 7. The number of carbonyl (C=O) groups excluding carboxylic acids is 1. The zero-order chi connectivity index (χ0) is 38.4. The largest absolute Gasteiger partial charge is 0.756 e. The van der Waals surface area contributed by atoms with Gasteiger partial charge in [-0.25, -0.2) is 0 Å². The van der Waals surface area contributed by atoms with Crippen LogP contribution in [0.3, 0.4) is 0 Å². The summed E-state index contributed by atoms with van der Waals surface area (Å²) >= 11 is 0. The van der Waals surface area contributed by atoms with Gasteiger partial charge in [-0.2, -0.15) is 0 Å². The van der Waals surface area contributed by atoms with E-state index in [0.717, 1.165) is 32.1 Å². The minimum Gasteiger partial charge on any atom is -0.756 e. The Bertz CT molecular complexity index is 848. The normalized spacial score (nSPS) is 13.8. The lowest BCUT2D eigenvalue weighted by molar-refractivity contribution is -0.870. The first-order chi connectivity index (χ1) is 25.1. The number of carbonyl (C=O) groups is 1. The molecule has 0 bridgehead atoms. The topological polar surface area (TPSA) is 94.1 Å². The van der Waals surface area contributed by atoms with E-state index >= 15 is 0 Å². The lowest BCUT2D eigenvalue weighted by Gasteiger charge is -2.28. The van der Waals surface area contributed by atoms with Gasteiger partial charge in [0.15, 0.2) is 6.10 Å². The average Bonchev–Trinajstić information content (AvgIpc) is 3.09. The summed E-state index contributed by atoms with van der Waals surface area (Å²) in [7, 11) is 1.34. The third-order valence-electron chi connectivity index (χ3n) is 9.66. The molecule has 0 saturated carbocycles. The van der Waals surface area contributed by atoms with E-state index in [4.69, 9.17) is 18.5 Å². The minimum atomic E-state index is -4.53. The Labute approximate surface area is 322 Å². The standard InChI is InChI=1S/C43H86NO7P/c1-6-8-10-12-14-16-18-20-22-23-24-26-28-30-32-34-36-43(45)51-42(41-50-52(46,47)49-39-37-44(3,4)5)40-48-38-35-33-31-29-27-25-21-19-17-15-13-11-9-7-2/h35,38,42H,6-34,36-37,39-41H2,1-5H3/b38-35+/t42-/m1/s1. The van der Waals surface area contributed by atoms with Crippen molar-refractivity contribution in [2.45, 2.75) is 213 Å². The van der Waals surface area contributed by atoms with Gasteiger partial charge in [-0.3, -0.25) is 9.36 Å². The highest BCUT2D eigenvalue weighted by Crippen LogP contribution is 2.38. The molecule has 9 heteroatoms. The molecule has 0 aliphatic heterocycles. The van der Waals surface area contributed by atoms with Crippen molar-refractivity contribution in [1.29, 1.82) is 0 Å². The molecule has 0 aromatic carbocycles. The van der Waals surface area contributed by atoms with Gasteiger partial charge in [0.25, 0.3) is 7.82 Å². The molecule has 0 spiro atoms. The molecule has 1 unspecified atom stereocenters. The van der Waals surface area contributed by atoms with Crippen molar-refractivity contribution in [3.63, 3.8) is 0 Å². The van der Waals surface area contributed by atoms with Gasteiger partial charge in [0, 0.05) is 6.42 Å². The van der Waals surface area contributed by atoms with Crippen molar-refractivity contribution in [3.05, 3.63) is 12.3 Å². The number of nitrogens with zero attached hydrogens (tertiary/aromatic N) is 1. The molecule has 0 aliphatic carbocycles. The zero-order valence-corrected chi connectivity index (χ0v) is 35.9. The Morgan fingerprint density at radius 3 is 1.42 bits per heavy atom. The molecular weight excluding hydrogens is 673 g/mol. The second-order valence-electron chi connectivity index (χ2n) is 16.1. The third-order valence-corrected chi connectivity index (χ3v) is 10.6. The third kappa shape index (κ3) is 40.3. The minimum absolute atomic E-state index is 0.0202. The molecule has 0 fully saturated rings. The SMILES string of the molecule is CCCCCCCCCCCCCC/C=C/OC[C@H](COP(=O)([O-])OCC[N+](C)(C)C)OC(=O)CCCCCCCCCCCCCCCCCC. The maximum atomic E-state index is 12.6. The number of phosphoric ester groups is 1. The molecule has 310 valence electrons. The van der Waals surface area contributed by atoms with E-state index in [9.17, 15) is 14.3 Å². The molecular formula is C43H86NO7P. The second kappa shape index (κ2) is 37.0. The van der Waals surface area contributed by atoms with E-state index in [0.29, 0.717) is 17.4 Å². The van der Waals surface area contributed by atoms with Gasteiger partial charge < -0.3 is 27.9 Å².